The van der Waals surface area contributed by atoms with Gasteiger partial charge in [-0.2, -0.15) is 0 Å². The van der Waals surface area contributed by atoms with Crippen LogP contribution < -0.4 is 10.9 Å². The Morgan fingerprint density at radius 1 is 1.12 bits per heavy atom. The van der Waals surface area contributed by atoms with E-state index in [1.54, 1.807) is 29.5 Å². The van der Waals surface area contributed by atoms with E-state index in [1.165, 1.54) is 9.44 Å². The third-order valence-electron chi connectivity index (χ3n) is 5.95. The Kier molecular flexibility index (Phi) is 5.57. The number of nitrogens with zero attached hydrogens (tertiary/aromatic N) is 2. The maximum atomic E-state index is 13.7. The fraction of sp³-hybridized carbons (Fsp3) is 0.240. The number of benzene rings is 2. The lowest BCUT2D eigenvalue weighted by Gasteiger charge is -2.15. The number of hydrogen-bond donors (Lipinski definition) is 1. The van der Waals surface area contributed by atoms with Crippen molar-refractivity contribution >= 4 is 44.7 Å². The van der Waals surface area contributed by atoms with Gasteiger partial charge in [0.2, 0.25) is 5.91 Å². The number of thiophene rings is 1. The Labute approximate surface area is 194 Å². The van der Waals surface area contributed by atoms with Crippen LogP contribution in [0.25, 0.3) is 21.6 Å². The van der Waals surface area contributed by atoms with E-state index >= 15 is 0 Å². The molecule has 4 aromatic rings. The third-order valence-corrected chi connectivity index (χ3v) is 7.55. The van der Waals surface area contributed by atoms with E-state index in [1.807, 2.05) is 37.3 Å². The van der Waals surface area contributed by atoms with Crippen molar-refractivity contribution in [2.24, 2.45) is 0 Å². The van der Waals surface area contributed by atoms with Gasteiger partial charge >= 0.3 is 0 Å². The largest absolute Gasteiger partial charge is 0.324 e. The molecule has 0 bridgehead atoms. The summed E-state index contributed by atoms with van der Waals surface area (Å²) in [6.07, 6.45) is 4.10. The number of amides is 1. The molecule has 32 heavy (non-hydrogen) atoms. The van der Waals surface area contributed by atoms with Gasteiger partial charge in [-0.25, -0.2) is 4.98 Å². The first kappa shape index (κ1) is 20.9. The molecule has 0 atom stereocenters. The zero-order chi connectivity index (χ0) is 22.2. The average molecular weight is 464 g/mol. The fourth-order valence-electron chi connectivity index (χ4n) is 4.27. The molecule has 0 fully saturated rings. The van der Waals surface area contributed by atoms with Crippen molar-refractivity contribution in [3.8, 4) is 11.4 Å². The Balaban J connectivity index is 1.61. The molecule has 0 saturated heterocycles. The first-order valence-electron chi connectivity index (χ1n) is 10.7. The summed E-state index contributed by atoms with van der Waals surface area (Å²) in [5.74, 6) is 0.222. The van der Waals surface area contributed by atoms with Crippen LogP contribution in [0.4, 0.5) is 5.69 Å². The van der Waals surface area contributed by atoms with Crippen LogP contribution in [0.5, 0.6) is 0 Å². The minimum Gasteiger partial charge on any atom is -0.324 e. The molecule has 1 amide bonds. The van der Waals surface area contributed by atoms with Crippen LogP contribution >= 0.6 is 22.9 Å². The monoisotopic (exact) mass is 463 g/mol. The summed E-state index contributed by atoms with van der Waals surface area (Å²) >= 11 is 7.81. The van der Waals surface area contributed by atoms with Gasteiger partial charge in [-0.3, -0.25) is 14.2 Å². The molecule has 5 nitrogen and oxygen atoms in total. The van der Waals surface area contributed by atoms with Gasteiger partial charge in [0.1, 0.15) is 17.2 Å². The average Bonchev–Trinajstić information content (AvgIpc) is 3.18. The molecule has 2 heterocycles. The van der Waals surface area contributed by atoms with Crippen LogP contribution in [-0.4, -0.2) is 15.5 Å². The molecule has 0 aliphatic heterocycles. The molecule has 1 aliphatic carbocycles. The van der Waals surface area contributed by atoms with E-state index in [-0.39, 0.29) is 18.0 Å². The van der Waals surface area contributed by atoms with E-state index in [2.05, 4.69) is 5.32 Å². The minimum absolute atomic E-state index is 0.122. The molecular formula is C25H22ClN3O2S. The highest BCUT2D eigenvalue weighted by Gasteiger charge is 2.23. The van der Waals surface area contributed by atoms with Crippen LogP contribution in [0.3, 0.4) is 0 Å². The number of hydrogen-bond acceptors (Lipinski definition) is 4. The van der Waals surface area contributed by atoms with Gasteiger partial charge in [0, 0.05) is 21.2 Å². The highest BCUT2D eigenvalue weighted by atomic mass is 35.5. The third kappa shape index (κ3) is 3.74. The summed E-state index contributed by atoms with van der Waals surface area (Å²) in [4.78, 5) is 33.6. The second kappa shape index (κ2) is 8.52. The normalized spacial score (nSPS) is 13.2. The number of fused-ring (bicyclic) bond motifs is 3. The number of aromatic nitrogens is 2. The van der Waals surface area contributed by atoms with Crippen molar-refractivity contribution in [3.05, 3.63) is 79.9 Å². The van der Waals surface area contributed by atoms with Crippen molar-refractivity contribution in [3.63, 3.8) is 0 Å². The smallest absolute Gasteiger partial charge is 0.263 e. The lowest BCUT2D eigenvalue weighted by Crippen LogP contribution is -2.30. The van der Waals surface area contributed by atoms with Crippen LogP contribution in [0.2, 0.25) is 5.02 Å². The predicted octanol–water partition coefficient (Wildman–Crippen LogP) is 5.60. The van der Waals surface area contributed by atoms with Gasteiger partial charge in [0.15, 0.2) is 0 Å². The number of rotatable bonds is 4. The molecule has 2 aromatic heterocycles. The Bertz CT molecular complexity index is 1390. The molecule has 0 saturated carbocycles. The predicted molar refractivity (Wildman–Crippen MR) is 131 cm³/mol. The first-order valence-corrected chi connectivity index (χ1v) is 11.9. The van der Waals surface area contributed by atoms with Crippen LogP contribution in [0.15, 0.2) is 53.3 Å². The summed E-state index contributed by atoms with van der Waals surface area (Å²) in [6.45, 7) is 1.73. The lowest BCUT2D eigenvalue weighted by molar-refractivity contribution is -0.116. The molecule has 5 rings (SSSR count). The van der Waals surface area contributed by atoms with Crippen LogP contribution in [-0.2, 0) is 24.2 Å². The first-order chi connectivity index (χ1) is 15.5. The zero-order valence-electron chi connectivity index (χ0n) is 17.7. The van der Waals surface area contributed by atoms with E-state index in [9.17, 15) is 9.59 Å². The molecule has 2 aromatic carbocycles. The molecule has 1 N–H and O–H groups in total. The number of halogens is 1. The van der Waals surface area contributed by atoms with Gasteiger partial charge in [-0.15, -0.1) is 11.3 Å². The maximum Gasteiger partial charge on any atom is 0.263 e. The quantitative estimate of drug-likeness (QED) is 0.428. The Morgan fingerprint density at radius 2 is 1.91 bits per heavy atom. The second-order valence-corrected chi connectivity index (χ2v) is 9.54. The van der Waals surface area contributed by atoms with Gasteiger partial charge in [-0.1, -0.05) is 48.0 Å². The van der Waals surface area contributed by atoms with E-state index in [4.69, 9.17) is 16.6 Å². The van der Waals surface area contributed by atoms with Crippen molar-refractivity contribution < 1.29 is 4.79 Å². The maximum absolute atomic E-state index is 13.7. The Morgan fingerprint density at radius 3 is 2.72 bits per heavy atom. The number of nitrogens with one attached hydrogen (secondary N) is 1. The molecular weight excluding hydrogens is 442 g/mol. The van der Waals surface area contributed by atoms with Crippen LogP contribution in [0.1, 0.15) is 28.8 Å². The van der Waals surface area contributed by atoms with E-state index < -0.39 is 0 Å². The number of carbonyl (C=O) groups excluding carboxylic acids is 1. The molecule has 0 radical (unpaired) electrons. The standard InChI is InChI=1S/C25H22ClN3O2S/c1-15-18(26)11-7-12-19(15)27-21(30)14-29-23(16-8-3-2-4-9-16)28-24-22(25(29)31)17-10-5-6-13-20(17)32-24/h2-4,7-9,11-12H,5-6,10,13-14H2,1H3,(H,27,30). The highest BCUT2D eigenvalue weighted by molar-refractivity contribution is 7.18. The minimum atomic E-state index is -0.292. The van der Waals surface area contributed by atoms with Crippen molar-refractivity contribution in [1.29, 1.82) is 0 Å². The summed E-state index contributed by atoms with van der Waals surface area (Å²) < 4.78 is 1.51. The Hall–Kier alpha value is -2.96. The topological polar surface area (TPSA) is 64.0 Å². The number of aryl methyl sites for hydroxylation is 2. The SMILES string of the molecule is Cc1c(Cl)cccc1NC(=O)Cn1c(-c2ccccc2)nc2sc3c(c2c1=O)CCCC3. The fourth-order valence-corrected chi connectivity index (χ4v) is 5.70. The molecule has 162 valence electrons. The van der Waals surface area contributed by atoms with Crippen molar-refractivity contribution in [1.82, 2.24) is 9.55 Å². The van der Waals surface area contributed by atoms with Crippen molar-refractivity contribution in [2.75, 3.05) is 5.32 Å². The van der Waals surface area contributed by atoms with Crippen LogP contribution in [0, 0.1) is 6.92 Å². The zero-order valence-corrected chi connectivity index (χ0v) is 19.2. The number of carbonyl (C=O) groups is 1. The van der Waals surface area contributed by atoms with E-state index in [0.29, 0.717) is 21.9 Å². The molecule has 0 unspecified atom stereocenters. The number of anilines is 1. The van der Waals surface area contributed by atoms with Crippen molar-refractivity contribution in [2.45, 2.75) is 39.2 Å². The molecule has 0 spiro atoms. The summed E-state index contributed by atoms with van der Waals surface area (Å²) in [5.41, 5.74) is 3.21. The second-order valence-electron chi connectivity index (χ2n) is 8.04. The summed E-state index contributed by atoms with van der Waals surface area (Å²) in [6, 6.07) is 14.9. The summed E-state index contributed by atoms with van der Waals surface area (Å²) in [5, 5.41) is 4.16. The van der Waals surface area contributed by atoms with Gasteiger partial charge < -0.3 is 5.32 Å². The lowest BCUT2D eigenvalue weighted by atomic mass is 9.97. The van der Waals surface area contributed by atoms with Gasteiger partial charge in [-0.05, 0) is 55.9 Å². The molecule has 1 aliphatic rings. The highest BCUT2D eigenvalue weighted by Crippen LogP contribution is 2.35. The van der Waals surface area contributed by atoms with Gasteiger partial charge in [0.25, 0.3) is 5.56 Å². The van der Waals surface area contributed by atoms with E-state index in [0.717, 1.165) is 47.2 Å². The molecule has 7 heteroatoms. The van der Waals surface area contributed by atoms with Gasteiger partial charge in [0.05, 0.1) is 5.39 Å². The summed E-state index contributed by atoms with van der Waals surface area (Å²) in [7, 11) is 0.